The summed E-state index contributed by atoms with van der Waals surface area (Å²) in [6.07, 6.45) is 1.72. The number of hydrogen-bond donors (Lipinski definition) is 1. The van der Waals surface area contributed by atoms with E-state index in [0.29, 0.717) is 5.69 Å². The maximum atomic E-state index is 12.2. The molecule has 0 fully saturated rings. The van der Waals surface area contributed by atoms with Crippen LogP contribution in [0, 0.1) is 24.0 Å². The highest BCUT2D eigenvalue weighted by molar-refractivity contribution is 5.95. The SMILES string of the molecule is Cc1cc2occ(CC(=O)Nc3cccc([N+](=O)[O-])c3)c2cc1C. The number of carbonyl (C=O) groups excluding carboxylic acids is 1. The van der Waals surface area contributed by atoms with Gasteiger partial charge in [-0.15, -0.1) is 0 Å². The Labute approximate surface area is 138 Å². The zero-order valence-corrected chi connectivity index (χ0v) is 13.3. The van der Waals surface area contributed by atoms with Crippen LogP contribution in [0.5, 0.6) is 0 Å². The predicted molar refractivity (Wildman–Crippen MR) is 91.1 cm³/mol. The molecule has 0 aliphatic carbocycles. The van der Waals surface area contributed by atoms with Gasteiger partial charge < -0.3 is 9.73 Å². The second-order valence-electron chi connectivity index (χ2n) is 5.73. The van der Waals surface area contributed by atoms with Crippen molar-refractivity contribution >= 4 is 28.3 Å². The fourth-order valence-electron chi connectivity index (χ4n) is 2.55. The molecule has 24 heavy (non-hydrogen) atoms. The molecule has 1 heterocycles. The van der Waals surface area contributed by atoms with Crippen molar-refractivity contribution in [1.82, 2.24) is 0 Å². The van der Waals surface area contributed by atoms with Gasteiger partial charge in [-0.2, -0.15) is 0 Å². The molecule has 6 heteroatoms. The summed E-state index contributed by atoms with van der Waals surface area (Å²) in [6.45, 7) is 4.01. The average molecular weight is 324 g/mol. The summed E-state index contributed by atoms with van der Waals surface area (Å²) in [7, 11) is 0. The third kappa shape index (κ3) is 3.12. The number of nitrogens with zero attached hydrogens (tertiary/aromatic N) is 1. The Morgan fingerprint density at radius 2 is 1.96 bits per heavy atom. The quantitative estimate of drug-likeness (QED) is 0.577. The van der Waals surface area contributed by atoms with Crippen molar-refractivity contribution in [3.63, 3.8) is 0 Å². The highest BCUT2D eigenvalue weighted by atomic mass is 16.6. The Morgan fingerprint density at radius 3 is 2.71 bits per heavy atom. The minimum Gasteiger partial charge on any atom is -0.464 e. The van der Waals surface area contributed by atoms with Gasteiger partial charge in [-0.3, -0.25) is 14.9 Å². The van der Waals surface area contributed by atoms with E-state index in [9.17, 15) is 14.9 Å². The summed E-state index contributed by atoms with van der Waals surface area (Å²) < 4.78 is 5.52. The lowest BCUT2D eigenvalue weighted by Crippen LogP contribution is -2.14. The first-order chi connectivity index (χ1) is 11.4. The first-order valence-electron chi connectivity index (χ1n) is 7.45. The first-order valence-corrected chi connectivity index (χ1v) is 7.45. The van der Waals surface area contributed by atoms with E-state index in [2.05, 4.69) is 5.32 Å². The van der Waals surface area contributed by atoms with Crippen molar-refractivity contribution in [2.24, 2.45) is 0 Å². The van der Waals surface area contributed by atoms with Crippen LogP contribution < -0.4 is 5.32 Å². The first kappa shape index (κ1) is 15.7. The normalized spacial score (nSPS) is 10.8. The third-order valence-corrected chi connectivity index (χ3v) is 3.96. The number of benzene rings is 2. The lowest BCUT2D eigenvalue weighted by Gasteiger charge is -2.05. The largest absolute Gasteiger partial charge is 0.464 e. The summed E-state index contributed by atoms with van der Waals surface area (Å²) in [5.74, 6) is -0.253. The number of aryl methyl sites for hydroxylation is 2. The second-order valence-corrected chi connectivity index (χ2v) is 5.73. The van der Waals surface area contributed by atoms with Crippen molar-refractivity contribution in [3.8, 4) is 0 Å². The van der Waals surface area contributed by atoms with Crippen molar-refractivity contribution in [2.45, 2.75) is 20.3 Å². The summed E-state index contributed by atoms with van der Waals surface area (Å²) in [6, 6.07) is 9.82. The Balaban J connectivity index is 1.79. The second kappa shape index (κ2) is 6.16. The molecule has 0 aliphatic rings. The van der Waals surface area contributed by atoms with Crippen LogP contribution in [0.2, 0.25) is 0 Å². The van der Waals surface area contributed by atoms with Gasteiger partial charge in [-0.1, -0.05) is 6.07 Å². The van der Waals surface area contributed by atoms with Crippen LogP contribution in [-0.4, -0.2) is 10.8 Å². The smallest absolute Gasteiger partial charge is 0.271 e. The van der Waals surface area contributed by atoms with Gasteiger partial charge in [-0.25, -0.2) is 0 Å². The molecular weight excluding hydrogens is 308 g/mol. The number of anilines is 1. The molecular formula is C18H16N2O4. The Morgan fingerprint density at radius 1 is 1.21 bits per heavy atom. The van der Waals surface area contributed by atoms with Gasteiger partial charge in [0.1, 0.15) is 5.58 Å². The number of amides is 1. The molecule has 0 spiro atoms. The minimum atomic E-state index is -0.496. The van der Waals surface area contributed by atoms with Gasteiger partial charge >= 0.3 is 0 Å². The third-order valence-electron chi connectivity index (χ3n) is 3.96. The van der Waals surface area contributed by atoms with Crippen molar-refractivity contribution in [1.29, 1.82) is 0 Å². The molecule has 3 rings (SSSR count). The van der Waals surface area contributed by atoms with Crippen LogP contribution in [-0.2, 0) is 11.2 Å². The summed E-state index contributed by atoms with van der Waals surface area (Å²) in [4.78, 5) is 22.5. The molecule has 0 saturated heterocycles. The lowest BCUT2D eigenvalue weighted by molar-refractivity contribution is -0.384. The molecule has 0 saturated carbocycles. The molecule has 0 atom stereocenters. The van der Waals surface area contributed by atoms with Crippen LogP contribution in [0.15, 0.2) is 47.1 Å². The number of furan rings is 1. The van der Waals surface area contributed by atoms with Crippen LogP contribution in [0.3, 0.4) is 0 Å². The van der Waals surface area contributed by atoms with Crippen molar-refractivity contribution in [2.75, 3.05) is 5.32 Å². The number of non-ortho nitro benzene ring substituents is 1. The Bertz CT molecular complexity index is 943. The van der Waals surface area contributed by atoms with E-state index in [1.54, 1.807) is 12.3 Å². The fraction of sp³-hybridized carbons (Fsp3) is 0.167. The number of nitrogens with one attached hydrogen (secondary N) is 1. The van der Waals surface area contributed by atoms with Crippen LogP contribution in [0.4, 0.5) is 11.4 Å². The van der Waals surface area contributed by atoms with E-state index in [1.807, 2.05) is 26.0 Å². The molecule has 0 bridgehead atoms. The predicted octanol–water partition coefficient (Wildman–Crippen LogP) is 4.14. The molecule has 0 unspecified atom stereocenters. The Hall–Kier alpha value is -3.15. The monoisotopic (exact) mass is 324 g/mol. The van der Waals surface area contributed by atoms with E-state index < -0.39 is 4.92 Å². The number of fused-ring (bicyclic) bond motifs is 1. The van der Waals surface area contributed by atoms with E-state index in [4.69, 9.17) is 4.42 Å². The zero-order chi connectivity index (χ0) is 17.3. The van der Waals surface area contributed by atoms with E-state index >= 15 is 0 Å². The number of nitro benzene ring substituents is 1. The highest BCUT2D eigenvalue weighted by Gasteiger charge is 2.13. The van der Waals surface area contributed by atoms with E-state index in [0.717, 1.165) is 27.7 Å². The molecule has 1 N–H and O–H groups in total. The number of carbonyl (C=O) groups is 1. The minimum absolute atomic E-state index is 0.0624. The van der Waals surface area contributed by atoms with Crippen LogP contribution >= 0.6 is 0 Å². The molecule has 6 nitrogen and oxygen atoms in total. The summed E-state index contributed by atoms with van der Waals surface area (Å²) >= 11 is 0. The molecule has 122 valence electrons. The highest BCUT2D eigenvalue weighted by Crippen LogP contribution is 2.25. The summed E-state index contributed by atoms with van der Waals surface area (Å²) in [5, 5.41) is 14.4. The molecule has 0 aliphatic heterocycles. The number of hydrogen-bond acceptors (Lipinski definition) is 4. The van der Waals surface area contributed by atoms with Gasteiger partial charge in [0, 0.05) is 28.8 Å². The summed E-state index contributed by atoms with van der Waals surface area (Å²) in [5.41, 5.74) is 4.13. The van der Waals surface area contributed by atoms with Gasteiger partial charge in [0.2, 0.25) is 5.91 Å². The van der Waals surface area contributed by atoms with Gasteiger partial charge in [0.25, 0.3) is 5.69 Å². The average Bonchev–Trinajstić information content (AvgIpc) is 2.90. The van der Waals surface area contributed by atoms with Crippen LogP contribution in [0.25, 0.3) is 11.0 Å². The van der Waals surface area contributed by atoms with Crippen molar-refractivity contribution in [3.05, 3.63) is 69.5 Å². The maximum absolute atomic E-state index is 12.2. The van der Waals surface area contributed by atoms with Gasteiger partial charge in [-0.05, 0) is 43.2 Å². The standard InChI is InChI=1S/C18H16N2O4/c1-11-6-16-13(10-24-17(16)7-12(11)2)8-18(21)19-14-4-3-5-15(9-14)20(22)23/h3-7,9-10H,8H2,1-2H3,(H,19,21). The molecule has 1 amide bonds. The maximum Gasteiger partial charge on any atom is 0.271 e. The topological polar surface area (TPSA) is 85.4 Å². The van der Waals surface area contributed by atoms with Gasteiger partial charge in [0.15, 0.2) is 0 Å². The van der Waals surface area contributed by atoms with Crippen LogP contribution in [0.1, 0.15) is 16.7 Å². The molecule has 1 aromatic heterocycles. The molecule has 2 aromatic carbocycles. The molecule has 0 radical (unpaired) electrons. The van der Waals surface area contributed by atoms with Crippen molar-refractivity contribution < 1.29 is 14.1 Å². The number of nitro groups is 1. The Kier molecular flexibility index (Phi) is 4.04. The van der Waals surface area contributed by atoms with E-state index in [-0.39, 0.29) is 18.0 Å². The fourth-order valence-corrected chi connectivity index (χ4v) is 2.55. The van der Waals surface area contributed by atoms with Gasteiger partial charge in [0.05, 0.1) is 17.6 Å². The van der Waals surface area contributed by atoms with E-state index in [1.165, 1.54) is 18.2 Å². The molecule has 3 aromatic rings. The zero-order valence-electron chi connectivity index (χ0n) is 13.3. The lowest BCUT2D eigenvalue weighted by atomic mass is 10.0. The number of rotatable bonds is 4.